The highest BCUT2D eigenvalue weighted by Gasteiger charge is 2.06. The number of nitrogens with zero attached hydrogens (tertiary/aromatic N) is 4. The molecule has 0 aliphatic heterocycles. The molecule has 0 fully saturated rings. The van der Waals surface area contributed by atoms with Crippen LogP contribution in [-0.4, -0.2) is 33.6 Å². The van der Waals surface area contributed by atoms with Crippen molar-refractivity contribution in [1.82, 2.24) is 19.9 Å². The first kappa shape index (κ1) is 14.0. The van der Waals surface area contributed by atoms with Crippen molar-refractivity contribution in [3.8, 4) is 6.01 Å². The van der Waals surface area contributed by atoms with Gasteiger partial charge in [-0.25, -0.2) is 0 Å². The van der Waals surface area contributed by atoms with Crippen LogP contribution in [0.3, 0.4) is 0 Å². The molecule has 0 aromatic carbocycles. The number of ether oxygens (including phenoxy) is 1. The van der Waals surface area contributed by atoms with Gasteiger partial charge in [0, 0.05) is 25.5 Å². The minimum absolute atomic E-state index is 0.288. The van der Waals surface area contributed by atoms with E-state index in [0.717, 1.165) is 18.5 Å². The van der Waals surface area contributed by atoms with Crippen molar-refractivity contribution in [1.29, 1.82) is 0 Å². The van der Waals surface area contributed by atoms with E-state index in [2.05, 4.69) is 37.5 Å². The van der Waals surface area contributed by atoms with Crippen LogP contribution in [0.15, 0.2) is 24.5 Å². The summed E-state index contributed by atoms with van der Waals surface area (Å²) in [6, 6.07) is 4.15. The number of nitrogens with one attached hydrogen (secondary N) is 2. The van der Waals surface area contributed by atoms with Crippen molar-refractivity contribution in [3.63, 3.8) is 0 Å². The maximum Gasteiger partial charge on any atom is 0.322 e. The van der Waals surface area contributed by atoms with E-state index in [1.807, 2.05) is 12.1 Å². The lowest BCUT2D eigenvalue weighted by molar-refractivity contribution is 0.379. The fourth-order valence-electron chi connectivity index (χ4n) is 1.52. The molecule has 0 radical (unpaired) electrons. The lowest BCUT2D eigenvalue weighted by Crippen LogP contribution is -2.10. The molecule has 0 saturated heterocycles. The van der Waals surface area contributed by atoms with Crippen LogP contribution in [0.4, 0.5) is 11.9 Å². The molecule has 0 unspecified atom stereocenters. The summed E-state index contributed by atoms with van der Waals surface area (Å²) in [4.78, 5) is 16.6. The molecule has 2 rings (SSSR count). The molecule has 2 N–H and O–H groups in total. The SMILES string of the molecule is CCCNc1nc(NCc2ccncc2)nc(OC)n1. The van der Waals surface area contributed by atoms with Crippen LogP contribution in [0.5, 0.6) is 6.01 Å². The van der Waals surface area contributed by atoms with Crippen molar-refractivity contribution in [2.75, 3.05) is 24.3 Å². The Hall–Kier alpha value is -2.44. The van der Waals surface area contributed by atoms with E-state index < -0.39 is 0 Å². The number of hydrogen-bond acceptors (Lipinski definition) is 7. The quantitative estimate of drug-likeness (QED) is 0.795. The number of rotatable bonds is 7. The summed E-state index contributed by atoms with van der Waals surface area (Å²) in [6.45, 7) is 3.49. The molecule has 2 aromatic heterocycles. The number of methoxy groups -OCH3 is 1. The zero-order valence-electron chi connectivity index (χ0n) is 11.6. The van der Waals surface area contributed by atoms with Crippen LogP contribution in [0, 0.1) is 0 Å². The van der Waals surface area contributed by atoms with Gasteiger partial charge in [-0.3, -0.25) is 4.98 Å². The molecule has 0 aliphatic rings. The zero-order valence-corrected chi connectivity index (χ0v) is 11.6. The molecule has 2 aromatic rings. The predicted octanol–water partition coefficient (Wildman–Crippen LogP) is 1.71. The molecule has 0 spiro atoms. The largest absolute Gasteiger partial charge is 0.467 e. The van der Waals surface area contributed by atoms with E-state index in [9.17, 15) is 0 Å². The first-order chi connectivity index (χ1) is 9.81. The van der Waals surface area contributed by atoms with Gasteiger partial charge in [0.05, 0.1) is 7.11 Å². The van der Waals surface area contributed by atoms with Crippen LogP contribution >= 0.6 is 0 Å². The Kier molecular flexibility index (Phi) is 5.05. The Morgan fingerprint density at radius 2 is 1.75 bits per heavy atom. The third-order valence-corrected chi connectivity index (χ3v) is 2.53. The number of anilines is 2. The van der Waals surface area contributed by atoms with Crippen LogP contribution in [-0.2, 0) is 6.54 Å². The zero-order chi connectivity index (χ0) is 14.2. The van der Waals surface area contributed by atoms with Crippen LogP contribution in [0.1, 0.15) is 18.9 Å². The average Bonchev–Trinajstić information content (AvgIpc) is 2.51. The van der Waals surface area contributed by atoms with E-state index >= 15 is 0 Å². The third kappa shape index (κ3) is 4.04. The lowest BCUT2D eigenvalue weighted by Gasteiger charge is -2.09. The summed E-state index contributed by atoms with van der Waals surface area (Å²) < 4.78 is 5.08. The maximum absolute atomic E-state index is 5.08. The Bertz CT molecular complexity index is 534. The Morgan fingerprint density at radius 1 is 1.05 bits per heavy atom. The van der Waals surface area contributed by atoms with Crippen molar-refractivity contribution < 1.29 is 4.74 Å². The minimum Gasteiger partial charge on any atom is -0.467 e. The van der Waals surface area contributed by atoms with Gasteiger partial charge in [-0.2, -0.15) is 15.0 Å². The highest BCUT2D eigenvalue weighted by molar-refractivity contribution is 5.36. The summed E-state index contributed by atoms with van der Waals surface area (Å²) in [7, 11) is 1.53. The number of hydrogen-bond donors (Lipinski definition) is 2. The molecule has 0 bridgehead atoms. The highest BCUT2D eigenvalue weighted by atomic mass is 16.5. The van der Waals surface area contributed by atoms with Gasteiger partial charge in [0.25, 0.3) is 0 Å². The lowest BCUT2D eigenvalue weighted by atomic mass is 10.3. The topological polar surface area (TPSA) is 84.9 Å². The van der Waals surface area contributed by atoms with Crippen LogP contribution in [0.2, 0.25) is 0 Å². The second-order valence-electron chi connectivity index (χ2n) is 4.11. The first-order valence-electron chi connectivity index (χ1n) is 6.48. The fraction of sp³-hybridized carbons (Fsp3) is 0.385. The summed E-state index contributed by atoms with van der Waals surface area (Å²) in [5.74, 6) is 0.989. The second kappa shape index (κ2) is 7.22. The summed E-state index contributed by atoms with van der Waals surface area (Å²) >= 11 is 0. The van der Waals surface area contributed by atoms with Gasteiger partial charge in [0.2, 0.25) is 11.9 Å². The Balaban J connectivity index is 2.06. The molecular formula is C13H18N6O. The Labute approximate surface area is 117 Å². The average molecular weight is 274 g/mol. The summed E-state index contributed by atoms with van der Waals surface area (Å²) in [5.41, 5.74) is 1.10. The molecule has 0 aliphatic carbocycles. The van der Waals surface area contributed by atoms with Gasteiger partial charge in [0.1, 0.15) is 0 Å². The molecule has 0 atom stereocenters. The summed E-state index contributed by atoms with van der Waals surface area (Å²) in [5, 5.41) is 6.26. The van der Waals surface area contributed by atoms with Crippen LogP contribution < -0.4 is 15.4 Å². The van der Waals surface area contributed by atoms with Gasteiger partial charge in [-0.1, -0.05) is 6.92 Å². The number of pyridine rings is 1. The normalized spacial score (nSPS) is 10.1. The predicted molar refractivity (Wildman–Crippen MR) is 76.7 cm³/mol. The molecular weight excluding hydrogens is 256 g/mol. The monoisotopic (exact) mass is 274 g/mol. The molecule has 20 heavy (non-hydrogen) atoms. The fourth-order valence-corrected chi connectivity index (χ4v) is 1.52. The molecule has 7 heteroatoms. The standard InChI is InChI=1S/C13H18N6O/c1-3-6-15-11-17-12(19-13(18-11)20-2)16-9-10-4-7-14-8-5-10/h4-5,7-8H,3,6,9H2,1-2H3,(H2,15,16,17,18,19). The van der Waals surface area contributed by atoms with Crippen molar-refractivity contribution >= 4 is 11.9 Å². The van der Waals surface area contributed by atoms with Crippen molar-refractivity contribution in [2.45, 2.75) is 19.9 Å². The van der Waals surface area contributed by atoms with E-state index in [-0.39, 0.29) is 6.01 Å². The molecule has 2 heterocycles. The van der Waals surface area contributed by atoms with E-state index in [1.165, 1.54) is 7.11 Å². The number of aromatic nitrogens is 4. The van der Waals surface area contributed by atoms with Gasteiger partial charge < -0.3 is 15.4 Å². The molecule has 0 amide bonds. The van der Waals surface area contributed by atoms with Gasteiger partial charge in [-0.15, -0.1) is 0 Å². The summed E-state index contributed by atoms with van der Waals surface area (Å²) in [6.07, 6.45) is 4.49. The smallest absolute Gasteiger partial charge is 0.322 e. The molecule has 0 saturated carbocycles. The van der Waals surface area contributed by atoms with Crippen molar-refractivity contribution in [2.24, 2.45) is 0 Å². The minimum atomic E-state index is 0.288. The van der Waals surface area contributed by atoms with E-state index in [0.29, 0.717) is 18.4 Å². The molecule has 7 nitrogen and oxygen atoms in total. The van der Waals surface area contributed by atoms with Crippen LogP contribution in [0.25, 0.3) is 0 Å². The first-order valence-corrected chi connectivity index (χ1v) is 6.48. The second-order valence-corrected chi connectivity index (χ2v) is 4.11. The maximum atomic E-state index is 5.08. The van der Waals surface area contributed by atoms with Gasteiger partial charge >= 0.3 is 6.01 Å². The third-order valence-electron chi connectivity index (χ3n) is 2.53. The van der Waals surface area contributed by atoms with E-state index in [4.69, 9.17) is 4.74 Å². The van der Waals surface area contributed by atoms with Gasteiger partial charge in [0.15, 0.2) is 0 Å². The Morgan fingerprint density at radius 3 is 2.40 bits per heavy atom. The highest BCUT2D eigenvalue weighted by Crippen LogP contribution is 2.11. The van der Waals surface area contributed by atoms with Crippen molar-refractivity contribution in [3.05, 3.63) is 30.1 Å². The molecule has 106 valence electrons. The van der Waals surface area contributed by atoms with E-state index in [1.54, 1.807) is 12.4 Å². The van der Waals surface area contributed by atoms with Gasteiger partial charge in [-0.05, 0) is 24.1 Å².